The van der Waals surface area contributed by atoms with Crippen molar-refractivity contribution in [2.45, 2.75) is 60.1 Å². The molecule has 0 saturated heterocycles. The van der Waals surface area contributed by atoms with Gasteiger partial charge in [-0.05, 0) is 44.0 Å². The molecule has 0 bridgehead atoms. The average molecular weight is 400 g/mol. The molecule has 0 atom stereocenters. The predicted octanol–water partition coefficient (Wildman–Crippen LogP) is 7.07. The number of ketones is 1. The molecule has 6 heteroatoms. The summed E-state index contributed by atoms with van der Waals surface area (Å²) in [6.07, 6.45) is 0.571. The Bertz CT molecular complexity index is 829. The zero-order valence-electron chi connectivity index (χ0n) is 16.5. The Kier molecular flexibility index (Phi) is 8.03. The van der Waals surface area contributed by atoms with E-state index in [0.717, 1.165) is 12.1 Å². The summed E-state index contributed by atoms with van der Waals surface area (Å²) in [6.45, 7) is 9.93. The van der Waals surface area contributed by atoms with E-state index in [2.05, 4.69) is 4.98 Å². The van der Waals surface area contributed by atoms with Gasteiger partial charge in [0.25, 0.3) is 0 Å². The molecular weight excluding hydrogens is 375 g/mol. The summed E-state index contributed by atoms with van der Waals surface area (Å²) in [5.74, 6) is -1.90. The molecule has 0 aliphatic carbocycles. The van der Waals surface area contributed by atoms with Crippen LogP contribution in [0.2, 0.25) is 5.02 Å². The number of pyridine rings is 1. The Hall–Kier alpha value is -1.88. The molecule has 148 valence electrons. The highest BCUT2D eigenvalue weighted by Crippen LogP contribution is 2.35. The predicted molar refractivity (Wildman–Crippen MR) is 104 cm³/mol. The molecule has 1 heterocycles. The molecule has 0 fully saturated rings. The van der Waals surface area contributed by atoms with Crippen LogP contribution in [0.3, 0.4) is 0 Å². The van der Waals surface area contributed by atoms with Gasteiger partial charge in [-0.25, -0.2) is 18.2 Å². The number of hydrogen-bond donors (Lipinski definition) is 0. The van der Waals surface area contributed by atoms with Crippen molar-refractivity contribution in [3.8, 4) is 11.3 Å². The normalized spacial score (nSPS) is 11.0. The fourth-order valence-electron chi connectivity index (χ4n) is 2.61. The second-order valence-electron chi connectivity index (χ2n) is 6.24. The number of halogens is 4. The third kappa shape index (κ3) is 5.10. The molecule has 0 amide bonds. The zero-order chi connectivity index (χ0) is 20.9. The standard InChI is InChI=1S/C19H19ClF3NO.C2H6/c1-5-10-7-12(19(3,4)23)14(21)8-11(10)17-15(22)9-13(20)18(24-17)16(25)6-2;1-2/h7-9H,5-6H2,1-4H3;1-2H3. The average Bonchev–Trinajstić information content (AvgIpc) is 2.61. The number of nitrogens with zero attached hydrogens (tertiary/aromatic N) is 1. The fourth-order valence-corrected chi connectivity index (χ4v) is 2.85. The summed E-state index contributed by atoms with van der Waals surface area (Å²) in [5.41, 5.74) is -1.48. The molecule has 2 nitrogen and oxygen atoms in total. The van der Waals surface area contributed by atoms with Crippen LogP contribution in [0.15, 0.2) is 18.2 Å². The van der Waals surface area contributed by atoms with Crippen LogP contribution in [0.1, 0.15) is 69.6 Å². The van der Waals surface area contributed by atoms with Gasteiger partial charge in [0.1, 0.15) is 22.9 Å². The smallest absolute Gasteiger partial charge is 0.182 e. The maximum Gasteiger partial charge on any atom is 0.182 e. The molecule has 1 aromatic heterocycles. The third-order valence-corrected chi connectivity index (χ3v) is 4.27. The van der Waals surface area contributed by atoms with Gasteiger partial charge in [-0.3, -0.25) is 4.79 Å². The molecule has 2 aromatic rings. The van der Waals surface area contributed by atoms with Gasteiger partial charge in [-0.15, -0.1) is 0 Å². The number of rotatable bonds is 5. The summed E-state index contributed by atoms with van der Waals surface area (Å²) in [6, 6.07) is 3.44. The van der Waals surface area contributed by atoms with E-state index in [-0.39, 0.29) is 39.7 Å². The highest BCUT2D eigenvalue weighted by Gasteiger charge is 2.26. The molecule has 0 unspecified atom stereocenters. The molecule has 0 N–H and O–H groups in total. The number of Topliss-reactive ketones (excluding diaryl/α,β-unsaturated/α-hetero) is 1. The maximum absolute atomic E-state index is 14.4. The maximum atomic E-state index is 14.4. The minimum atomic E-state index is -1.87. The van der Waals surface area contributed by atoms with E-state index in [1.165, 1.54) is 19.9 Å². The lowest BCUT2D eigenvalue weighted by atomic mass is 9.92. The van der Waals surface area contributed by atoms with Gasteiger partial charge in [0.05, 0.1) is 5.02 Å². The first-order chi connectivity index (χ1) is 12.6. The minimum Gasteiger partial charge on any atom is -0.292 e. The van der Waals surface area contributed by atoms with E-state index in [1.54, 1.807) is 13.8 Å². The van der Waals surface area contributed by atoms with Gasteiger partial charge in [0, 0.05) is 17.5 Å². The van der Waals surface area contributed by atoms with Gasteiger partial charge in [-0.1, -0.05) is 39.3 Å². The summed E-state index contributed by atoms with van der Waals surface area (Å²) in [5, 5.41) is -0.0897. The summed E-state index contributed by atoms with van der Waals surface area (Å²) in [4.78, 5) is 16.0. The monoisotopic (exact) mass is 399 g/mol. The van der Waals surface area contributed by atoms with Crippen LogP contribution >= 0.6 is 11.6 Å². The Balaban J connectivity index is 0.00000176. The minimum absolute atomic E-state index is 0.0575. The van der Waals surface area contributed by atoms with Crippen molar-refractivity contribution >= 4 is 17.4 Å². The van der Waals surface area contributed by atoms with E-state index >= 15 is 0 Å². The van der Waals surface area contributed by atoms with Gasteiger partial charge in [-0.2, -0.15) is 0 Å². The van der Waals surface area contributed by atoms with Crippen LogP contribution in [0, 0.1) is 11.6 Å². The van der Waals surface area contributed by atoms with Gasteiger partial charge < -0.3 is 0 Å². The molecule has 0 aliphatic heterocycles. The number of alkyl halides is 1. The van der Waals surface area contributed by atoms with Crippen molar-refractivity contribution in [2.24, 2.45) is 0 Å². The second-order valence-corrected chi connectivity index (χ2v) is 6.65. The first-order valence-electron chi connectivity index (χ1n) is 9.01. The molecular formula is C21H25ClF3NO. The summed E-state index contributed by atoms with van der Waals surface area (Å²) < 4.78 is 43.0. The SMILES string of the molecule is CC.CCC(=O)c1nc(-c2cc(F)c(C(C)(C)F)cc2CC)c(F)cc1Cl. The van der Waals surface area contributed by atoms with Gasteiger partial charge >= 0.3 is 0 Å². The van der Waals surface area contributed by atoms with Gasteiger partial charge in [0.15, 0.2) is 11.6 Å². The van der Waals surface area contributed by atoms with Crippen LogP contribution in [-0.4, -0.2) is 10.8 Å². The van der Waals surface area contributed by atoms with Gasteiger partial charge in [0.2, 0.25) is 0 Å². The third-order valence-electron chi connectivity index (χ3n) is 3.98. The fraction of sp³-hybridized carbons (Fsp3) is 0.429. The lowest BCUT2D eigenvalue weighted by Gasteiger charge is -2.19. The number of hydrogen-bond acceptors (Lipinski definition) is 2. The molecule has 27 heavy (non-hydrogen) atoms. The number of carbonyl (C=O) groups is 1. The second kappa shape index (κ2) is 9.36. The topological polar surface area (TPSA) is 30.0 Å². The number of aryl methyl sites for hydroxylation is 1. The Morgan fingerprint density at radius 1 is 1.11 bits per heavy atom. The van der Waals surface area contributed by atoms with Crippen molar-refractivity contribution < 1.29 is 18.0 Å². The van der Waals surface area contributed by atoms with Crippen molar-refractivity contribution in [1.29, 1.82) is 0 Å². The zero-order valence-corrected chi connectivity index (χ0v) is 17.3. The van der Waals surface area contributed by atoms with Crippen molar-refractivity contribution in [3.05, 3.63) is 51.7 Å². The molecule has 0 aliphatic rings. The number of carbonyl (C=O) groups excluding carboxylic acids is 1. The van der Waals surface area contributed by atoms with E-state index in [1.807, 2.05) is 13.8 Å². The molecule has 1 aromatic carbocycles. The first-order valence-corrected chi connectivity index (χ1v) is 9.39. The van der Waals surface area contributed by atoms with Crippen molar-refractivity contribution in [2.75, 3.05) is 0 Å². The van der Waals surface area contributed by atoms with Crippen molar-refractivity contribution in [1.82, 2.24) is 4.98 Å². The highest BCUT2D eigenvalue weighted by atomic mass is 35.5. The van der Waals surface area contributed by atoms with E-state index in [4.69, 9.17) is 11.6 Å². The van der Waals surface area contributed by atoms with Crippen molar-refractivity contribution in [3.63, 3.8) is 0 Å². The van der Waals surface area contributed by atoms with Crippen LogP contribution in [0.4, 0.5) is 13.2 Å². The Labute approximate surface area is 163 Å². The van der Waals surface area contributed by atoms with E-state index in [0.29, 0.717) is 12.0 Å². The van der Waals surface area contributed by atoms with Crippen LogP contribution in [0.25, 0.3) is 11.3 Å². The van der Waals surface area contributed by atoms with E-state index in [9.17, 15) is 18.0 Å². The molecule has 2 rings (SSSR count). The highest BCUT2D eigenvalue weighted by molar-refractivity contribution is 6.33. The largest absolute Gasteiger partial charge is 0.292 e. The Morgan fingerprint density at radius 3 is 2.19 bits per heavy atom. The lowest BCUT2D eigenvalue weighted by Crippen LogP contribution is -2.13. The number of aromatic nitrogens is 1. The molecule has 0 radical (unpaired) electrons. The van der Waals surface area contributed by atoms with Crippen LogP contribution in [0.5, 0.6) is 0 Å². The quantitative estimate of drug-likeness (QED) is 0.503. The number of benzene rings is 1. The molecule has 0 spiro atoms. The summed E-state index contributed by atoms with van der Waals surface area (Å²) >= 11 is 5.91. The first kappa shape index (κ1) is 23.2. The van der Waals surface area contributed by atoms with Crippen LogP contribution in [-0.2, 0) is 12.1 Å². The van der Waals surface area contributed by atoms with E-state index < -0.39 is 17.3 Å². The lowest BCUT2D eigenvalue weighted by molar-refractivity contribution is 0.0983. The van der Waals surface area contributed by atoms with Crippen LogP contribution < -0.4 is 0 Å². The summed E-state index contributed by atoms with van der Waals surface area (Å²) in [7, 11) is 0. The molecule has 0 saturated carbocycles. The Morgan fingerprint density at radius 2 is 1.70 bits per heavy atom.